The molecular formula is C15H22O2S. The first-order chi connectivity index (χ1) is 8.72. The molecule has 0 N–H and O–H groups in total. The molecule has 0 saturated carbocycles. The van der Waals surface area contributed by atoms with Gasteiger partial charge in [0.05, 0.1) is 13.0 Å². The Kier molecular flexibility index (Phi) is 7.58. The van der Waals surface area contributed by atoms with Crippen molar-refractivity contribution in [2.45, 2.75) is 50.3 Å². The van der Waals surface area contributed by atoms with Crippen molar-refractivity contribution in [2.75, 3.05) is 6.61 Å². The van der Waals surface area contributed by atoms with Crippen LogP contribution >= 0.6 is 12.6 Å². The van der Waals surface area contributed by atoms with Crippen molar-refractivity contribution in [3.63, 3.8) is 0 Å². The molecule has 18 heavy (non-hydrogen) atoms. The molecule has 0 atom stereocenters. The second-order valence-corrected chi connectivity index (χ2v) is 4.99. The lowest BCUT2D eigenvalue weighted by atomic mass is 10.1. The fraction of sp³-hybridized carbons (Fsp3) is 0.533. The van der Waals surface area contributed by atoms with Crippen LogP contribution in [-0.2, 0) is 16.0 Å². The van der Waals surface area contributed by atoms with Gasteiger partial charge in [-0.3, -0.25) is 4.79 Å². The van der Waals surface area contributed by atoms with Gasteiger partial charge < -0.3 is 4.74 Å². The van der Waals surface area contributed by atoms with Crippen LogP contribution in [0.5, 0.6) is 0 Å². The fourth-order valence-electron chi connectivity index (χ4n) is 1.72. The molecule has 0 bridgehead atoms. The summed E-state index contributed by atoms with van der Waals surface area (Å²) < 4.78 is 5.20. The minimum absolute atomic E-state index is 0.141. The van der Waals surface area contributed by atoms with Crippen LogP contribution < -0.4 is 0 Å². The van der Waals surface area contributed by atoms with E-state index in [0.717, 1.165) is 23.3 Å². The Morgan fingerprint density at radius 1 is 1.11 bits per heavy atom. The van der Waals surface area contributed by atoms with Crippen LogP contribution in [0.2, 0.25) is 0 Å². The Balaban J connectivity index is 2.12. The summed E-state index contributed by atoms with van der Waals surface area (Å²) in [5.74, 6) is -0.141. The highest BCUT2D eigenvalue weighted by Gasteiger charge is 2.04. The van der Waals surface area contributed by atoms with Crippen molar-refractivity contribution in [3.05, 3.63) is 29.8 Å². The summed E-state index contributed by atoms with van der Waals surface area (Å²) in [6, 6.07) is 7.59. The number of benzene rings is 1. The smallest absolute Gasteiger partial charge is 0.310 e. The summed E-state index contributed by atoms with van der Waals surface area (Å²) in [7, 11) is 0. The second-order valence-electron chi connectivity index (χ2n) is 4.48. The molecule has 1 rings (SSSR count). The Bertz CT molecular complexity index is 346. The molecular weight excluding hydrogens is 244 g/mol. The molecule has 1 aromatic rings. The first kappa shape index (κ1) is 15.1. The van der Waals surface area contributed by atoms with Crippen LogP contribution in [0.25, 0.3) is 0 Å². The maximum atomic E-state index is 11.5. The Labute approximate surface area is 115 Å². The van der Waals surface area contributed by atoms with Gasteiger partial charge in [-0.05, 0) is 24.1 Å². The van der Waals surface area contributed by atoms with E-state index in [-0.39, 0.29) is 5.97 Å². The van der Waals surface area contributed by atoms with E-state index in [1.807, 2.05) is 24.3 Å². The highest BCUT2D eigenvalue weighted by Crippen LogP contribution is 2.09. The van der Waals surface area contributed by atoms with Gasteiger partial charge in [-0.2, -0.15) is 0 Å². The third-order valence-corrected chi connectivity index (χ3v) is 3.09. The van der Waals surface area contributed by atoms with Gasteiger partial charge >= 0.3 is 5.97 Å². The van der Waals surface area contributed by atoms with Crippen molar-refractivity contribution in [1.29, 1.82) is 0 Å². The molecule has 1 aromatic carbocycles. The quantitative estimate of drug-likeness (QED) is 0.437. The highest BCUT2D eigenvalue weighted by atomic mass is 32.1. The standard InChI is InChI=1S/C15H22O2S/c1-2-3-4-5-6-11-17-15(16)12-13-7-9-14(18)10-8-13/h7-10,18H,2-6,11-12H2,1H3. The van der Waals surface area contributed by atoms with Crippen LogP contribution in [0.3, 0.4) is 0 Å². The largest absolute Gasteiger partial charge is 0.465 e. The Morgan fingerprint density at radius 2 is 1.78 bits per heavy atom. The van der Waals surface area contributed by atoms with Gasteiger partial charge in [0.15, 0.2) is 0 Å². The zero-order valence-electron chi connectivity index (χ0n) is 11.0. The summed E-state index contributed by atoms with van der Waals surface area (Å²) in [5.41, 5.74) is 0.976. The summed E-state index contributed by atoms with van der Waals surface area (Å²) in [5, 5.41) is 0. The van der Waals surface area contributed by atoms with Crippen molar-refractivity contribution in [2.24, 2.45) is 0 Å². The molecule has 100 valence electrons. The van der Waals surface area contributed by atoms with Crippen molar-refractivity contribution in [1.82, 2.24) is 0 Å². The van der Waals surface area contributed by atoms with Crippen LogP contribution in [0.4, 0.5) is 0 Å². The number of ether oxygens (including phenoxy) is 1. The molecule has 0 radical (unpaired) electrons. The van der Waals surface area contributed by atoms with Crippen molar-refractivity contribution >= 4 is 18.6 Å². The first-order valence-corrected chi connectivity index (χ1v) is 7.10. The lowest BCUT2D eigenvalue weighted by Gasteiger charge is -2.05. The number of carbonyl (C=O) groups excluding carboxylic acids is 1. The maximum Gasteiger partial charge on any atom is 0.310 e. The van der Waals surface area contributed by atoms with Gasteiger partial charge in [-0.15, -0.1) is 12.6 Å². The molecule has 0 unspecified atom stereocenters. The third kappa shape index (κ3) is 6.70. The van der Waals surface area contributed by atoms with E-state index in [9.17, 15) is 4.79 Å². The zero-order valence-corrected chi connectivity index (χ0v) is 11.9. The molecule has 0 heterocycles. The van der Waals surface area contributed by atoms with E-state index in [0.29, 0.717) is 13.0 Å². The predicted octanol–water partition coefficient (Wildman–Crippen LogP) is 4.03. The molecule has 2 nitrogen and oxygen atoms in total. The number of hydrogen-bond acceptors (Lipinski definition) is 3. The van der Waals surface area contributed by atoms with Crippen LogP contribution in [0.15, 0.2) is 29.2 Å². The number of esters is 1. The topological polar surface area (TPSA) is 26.3 Å². The third-order valence-electron chi connectivity index (χ3n) is 2.80. The lowest BCUT2D eigenvalue weighted by molar-refractivity contribution is -0.142. The molecule has 3 heteroatoms. The summed E-state index contributed by atoms with van der Waals surface area (Å²) >= 11 is 4.20. The summed E-state index contributed by atoms with van der Waals surface area (Å²) in [6.07, 6.45) is 6.21. The van der Waals surface area contributed by atoms with Crippen LogP contribution in [0, 0.1) is 0 Å². The van der Waals surface area contributed by atoms with Crippen LogP contribution in [-0.4, -0.2) is 12.6 Å². The Hall–Kier alpha value is -0.960. The van der Waals surface area contributed by atoms with Gasteiger partial charge in [-0.25, -0.2) is 0 Å². The number of unbranched alkanes of at least 4 members (excludes halogenated alkanes) is 4. The Morgan fingerprint density at radius 3 is 2.44 bits per heavy atom. The highest BCUT2D eigenvalue weighted by molar-refractivity contribution is 7.80. The minimum atomic E-state index is -0.141. The minimum Gasteiger partial charge on any atom is -0.465 e. The van der Waals surface area contributed by atoms with E-state index < -0.39 is 0 Å². The van der Waals surface area contributed by atoms with Crippen LogP contribution in [0.1, 0.15) is 44.6 Å². The molecule has 0 fully saturated rings. The average molecular weight is 266 g/mol. The van der Waals surface area contributed by atoms with Crippen molar-refractivity contribution in [3.8, 4) is 0 Å². The molecule has 0 saturated heterocycles. The molecule has 0 aliphatic rings. The SMILES string of the molecule is CCCCCCCOC(=O)Cc1ccc(S)cc1. The van der Waals surface area contributed by atoms with E-state index in [1.54, 1.807) is 0 Å². The van der Waals surface area contributed by atoms with Gasteiger partial charge in [0, 0.05) is 4.90 Å². The first-order valence-electron chi connectivity index (χ1n) is 6.66. The van der Waals surface area contributed by atoms with Gasteiger partial charge in [-0.1, -0.05) is 44.7 Å². The van der Waals surface area contributed by atoms with Gasteiger partial charge in [0.25, 0.3) is 0 Å². The van der Waals surface area contributed by atoms with Gasteiger partial charge in [0.2, 0.25) is 0 Å². The van der Waals surface area contributed by atoms with E-state index in [1.165, 1.54) is 19.3 Å². The van der Waals surface area contributed by atoms with E-state index in [2.05, 4.69) is 19.6 Å². The number of thiol groups is 1. The molecule has 0 aliphatic carbocycles. The summed E-state index contributed by atoms with van der Waals surface area (Å²) in [6.45, 7) is 2.74. The predicted molar refractivity (Wildman–Crippen MR) is 77.1 cm³/mol. The normalized spacial score (nSPS) is 10.3. The zero-order chi connectivity index (χ0) is 13.2. The van der Waals surface area contributed by atoms with Gasteiger partial charge in [0.1, 0.15) is 0 Å². The molecule has 0 aliphatic heterocycles. The lowest BCUT2D eigenvalue weighted by Crippen LogP contribution is -2.09. The molecule has 0 aromatic heterocycles. The molecule has 0 amide bonds. The summed E-state index contributed by atoms with van der Waals surface area (Å²) in [4.78, 5) is 12.5. The second kappa shape index (κ2) is 9.03. The van der Waals surface area contributed by atoms with E-state index in [4.69, 9.17) is 4.74 Å². The maximum absolute atomic E-state index is 11.5. The number of rotatable bonds is 8. The van der Waals surface area contributed by atoms with E-state index >= 15 is 0 Å². The number of hydrogen-bond donors (Lipinski definition) is 1. The fourth-order valence-corrected chi connectivity index (χ4v) is 1.87. The molecule has 0 spiro atoms. The number of carbonyl (C=O) groups is 1. The monoisotopic (exact) mass is 266 g/mol. The average Bonchev–Trinajstić information content (AvgIpc) is 2.36. The van der Waals surface area contributed by atoms with Crippen molar-refractivity contribution < 1.29 is 9.53 Å².